The summed E-state index contributed by atoms with van der Waals surface area (Å²) in [5, 5.41) is 0.467. The van der Waals surface area contributed by atoms with Crippen molar-refractivity contribution in [2.24, 2.45) is 0 Å². The summed E-state index contributed by atoms with van der Waals surface area (Å²) < 4.78 is 0. The highest BCUT2D eigenvalue weighted by atomic mass is 35.5. The third-order valence-electron chi connectivity index (χ3n) is 3.53. The van der Waals surface area contributed by atoms with Crippen LogP contribution in [-0.2, 0) is 0 Å². The van der Waals surface area contributed by atoms with E-state index in [1.807, 2.05) is 35.2 Å². The molecule has 1 aromatic heterocycles. The maximum atomic E-state index is 12.9. The van der Waals surface area contributed by atoms with Gasteiger partial charge in [-0.3, -0.25) is 0 Å². The molecule has 0 unspecified atom stereocenters. The number of amides is 2. The van der Waals surface area contributed by atoms with Crippen molar-refractivity contribution in [1.82, 2.24) is 9.88 Å². The summed E-state index contributed by atoms with van der Waals surface area (Å²) in [4.78, 5) is 20.6. The van der Waals surface area contributed by atoms with Gasteiger partial charge in [-0.05, 0) is 37.1 Å². The number of pyridine rings is 1. The van der Waals surface area contributed by atoms with Gasteiger partial charge >= 0.3 is 6.03 Å². The number of hydrogen-bond donors (Lipinski definition) is 0. The van der Waals surface area contributed by atoms with E-state index in [0.717, 1.165) is 31.6 Å². The van der Waals surface area contributed by atoms with Crippen molar-refractivity contribution in [3.05, 3.63) is 53.7 Å². The molecule has 0 bridgehead atoms. The zero-order valence-electron chi connectivity index (χ0n) is 11.6. The Kier molecular flexibility index (Phi) is 4.06. The average molecular weight is 302 g/mol. The van der Waals surface area contributed by atoms with E-state index in [0.29, 0.717) is 10.8 Å². The number of benzene rings is 1. The Morgan fingerprint density at radius 1 is 1.10 bits per heavy atom. The van der Waals surface area contributed by atoms with Crippen molar-refractivity contribution in [1.29, 1.82) is 0 Å². The normalized spacial score (nSPS) is 14.2. The van der Waals surface area contributed by atoms with Gasteiger partial charge in [-0.1, -0.05) is 29.8 Å². The lowest BCUT2D eigenvalue weighted by atomic mass is 10.3. The zero-order chi connectivity index (χ0) is 14.7. The van der Waals surface area contributed by atoms with E-state index >= 15 is 0 Å². The minimum absolute atomic E-state index is 0.0701. The topological polar surface area (TPSA) is 36.4 Å². The van der Waals surface area contributed by atoms with Crippen LogP contribution in [0.5, 0.6) is 0 Å². The van der Waals surface area contributed by atoms with E-state index in [1.165, 1.54) is 0 Å². The number of hydrogen-bond acceptors (Lipinski definition) is 2. The Balaban J connectivity index is 2.03. The second-order valence-electron chi connectivity index (χ2n) is 4.96. The van der Waals surface area contributed by atoms with E-state index in [1.54, 1.807) is 23.2 Å². The average Bonchev–Trinajstić information content (AvgIpc) is 3.05. The van der Waals surface area contributed by atoms with Crippen LogP contribution in [0.15, 0.2) is 48.7 Å². The molecule has 0 aliphatic carbocycles. The van der Waals surface area contributed by atoms with Gasteiger partial charge < -0.3 is 4.90 Å². The number of urea groups is 1. The zero-order valence-corrected chi connectivity index (χ0v) is 12.3. The second kappa shape index (κ2) is 6.14. The van der Waals surface area contributed by atoms with Crippen LogP contribution in [0.25, 0.3) is 0 Å². The largest absolute Gasteiger partial charge is 0.330 e. The predicted molar refractivity (Wildman–Crippen MR) is 84.0 cm³/mol. The molecule has 1 aliphatic heterocycles. The molecule has 1 fully saturated rings. The summed E-state index contributed by atoms with van der Waals surface area (Å²) >= 11 is 6.24. The molecule has 108 valence electrons. The molecule has 1 aromatic carbocycles. The molecule has 0 radical (unpaired) electrons. The first kappa shape index (κ1) is 13.9. The number of rotatable bonds is 2. The lowest BCUT2D eigenvalue weighted by molar-refractivity contribution is 0.218. The maximum absolute atomic E-state index is 12.9. The number of aromatic nitrogens is 1. The molecule has 3 rings (SSSR count). The van der Waals surface area contributed by atoms with Gasteiger partial charge in [0.05, 0.1) is 10.7 Å². The number of para-hydroxylation sites is 1. The summed E-state index contributed by atoms with van der Waals surface area (Å²) in [6.45, 7) is 1.57. The molecule has 1 saturated heterocycles. The fourth-order valence-electron chi connectivity index (χ4n) is 2.49. The highest BCUT2D eigenvalue weighted by molar-refractivity contribution is 6.33. The Hall–Kier alpha value is -2.07. The molecular formula is C16H16ClN3O. The molecule has 5 heteroatoms. The van der Waals surface area contributed by atoms with Crippen LogP contribution in [0, 0.1) is 0 Å². The Labute approximate surface area is 129 Å². The van der Waals surface area contributed by atoms with Crippen LogP contribution in [-0.4, -0.2) is 29.0 Å². The van der Waals surface area contributed by atoms with Gasteiger partial charge in [0.25, 0.3) is 0 Å². The molecule has 2 amide bonds. The van der Waals surface area contributed by atoms with Crippen LogP contribution in [0.1, 0.15) is 12.8 Å². The van der Waals surface area contributed by atoms with Gasteiger partial charge in [-0.2, -0.15) is 0 Å². The van der Waals surface area contributed by atoms with Gasteiger partial charge in [-0.25, -0.2) is 14.7 Å². The van der Waals surface area contributed by atoms with Crippen LogP contribution in [0.4, 0.5) is 16.3 Å². The number of halogens is 1. The maximum Gasteiger partial charge on any atom is 0.330 e. The van der Waals surface area contributed by atoms with E-state index in [2.05, 4.69) is 4.98 Å². The van der Waals surface area contributed by atoms with Crippen molar-refractivity contribution in [3.8, 4) is 0 Å². The lowest BCUT2D eigenvalue weighted by Crippen LogP contribution is -2.39. The molecule has 2 heterocycles. The Morgan fingerprint density at radius 2 is 1.81 bits per heavy atom. The second-order valence-corrected chi connectivity index (χ2v) is 5.36. The third kappa shape index (κ3) is 2.85. The van der Waals surface area contributed by atoms with Crippen molar-refractivity contribution >= 4 is 29.1 Å². The Morgan fingerprint density at radius 3 is 2.48 bits per heavy atom. The molecular weight excluding hydrogens is 286 g/mol. The van der Waals surface area contributed by atoms with Crippen LogP contribution >= 0.6 is 11.6 Å². The first-order chi connectivity index (χ1) is 10.3. The number of nitrogens with zero attached hydrogens (tertiary/aromatic N) is 3. The molecule has 0 atom stereocenters. The van der Waals surface area contributed by atoms with Gasteiger partial charge in [0.15, 0.2) is 5.82 Å². The minimum Gasteiger partial charge on any atom is -0.324 e. The first-order valence-corrected chi connectivity index (χ1v) is 7.40. The summed E-state index contributed by atoms with van der Waals surface area (Å²) in [5.41, 5.74) is 0.773. The van der Waals surface area contributed by atoms with Crippen molar-refractivity contribution < 1.29 is 4.79 Å². The van der Waals surface area contributed by atoms with Crippen molar-refractivity contribution in [2.45, 2.75) is 12.8 Å². The summed E-state index contributed by atoms with van der Waals surface area (Å²) in [6, 6.07) is 12.9. The fourth-order valence-corrected chi connectivity index (χ4v) is 2.70. The predicted octanol–water partition coefficient (Wildman–Crippen LogP) is 4.09. The molecule has 0 spiro atoms. The summed E-state index contributed by atoms with van der Waals surface area (Å²) in [7, 11) is 0. The Bertz CT molecular complexity index is 626. The van der Waals surface area contributed by atoms with Crippen LogP contribution < -0.4 is 4.90 Å². The standard InChI is InChI=1S/C16H16ClN3O/c17-14-9-6-10-18-15(14)20(13-7-2-1-3-8-13)16(21)19-11-4-5-12-19/h1-3,6-10H,4-5,11-12H2. The van der Waals surface area contributed by atoms with Crippen molar-refractivity contribution in [2.75, 3.05) is 18.0 Å². The molecule has 0 saturated carbocycles. The SMILES string of the molecule is O=C(N1CCCC1)N(c1ccccc1)c1ncccc1Cl. The lowest BCUT2D eigenvalue weighted by Gasteiger charge is -2.27. The van der Waals surface area contributed by atoms with E-state index < -0.39 is 0 Å². The highest BCUT2D eigenvalue weighted by Gasteiger charge is 2.28. The van der Waals surface area contributed by atoms with Gasteiger partial charge in [0, 0.05) is 19.3 Å². The molecule has 1 aliphatic rings. The van der Waals surface area contributed by atoms with E-state index in [9.17, 15) is 4.79 Å². The van der Waals surface area contributed by atoms with Gasteiger partial charge in [0.1, 0.15) is 0 Å². The highest BCUT2D eigenvalue weighted by Crippen LogP contribution is 2.31. The number of carbonyl (C=O) groups is 1. The summed E-state index contributed by atoms with van der Waals surface area (Å²) in [6.07, 6.45) is 3.74. The van der Waals surface area contributed by atoms with Crippen molar-refractivity contribution in [3.63, 3.8) is 0 Å². The summed E-state index contributed by atoms with van der Waals surface area (Å²) in [5.74, 6) is 0.474. The molecule has 21 heavy (non-hydrogen) atoms. The quantitative estimate of drug-likeness (QED) is 0.837. The van der Waals surface area contributed by atoms with Gasteiger partial charge in [0.2, 0.25) is 0 Å². The number of likely N-dealkylation sites (tertiary alicyclic amines) is 1. The monoisotopic (exact) mass is 301 g/mol. The molecule has 4 nitrogen and oxygen atoms in total. The molecule has 0 N–H and O–H groups in total. The number of anilines is 2. The minimum atomic E-state index is -0.0701. The smallest absolute Gasteiger partial charge is 0.324 e. The third-order valence-corrected chi connectivity index (χ3v) is 3.83. The number of carbonyl (C=O) groups excluding carboxylic acids is 1. The van der Waals surface area contributed by atoms with Crippen LogP contribution in [0.3, 0.4) is 0 Å². The van der Waals surface area contributed by atoms with Gasteiger partial charge in [-0.15, -0.1) is 0 Å². The van der Waals surface area contributed by atoms with E-state index in [-0.39, 0.29) is 6.03 Å². The van der Waals surface area contributed by atoms with E-state index in [4.69, 9.17) is 11.6 Å². The van der Waals surface area contributed by atoms with Crippen LogP contribution in [0.2, 0.25) is 5.02 Å². The fraction of sp³-hybridized carbons (Fsp3) is 0.250. The first-order valence-electron chi connectivity index (χ1n) is 7.02. The molecule has 2 aromatic rings.